The van der Waals surface area contributed by atoms with Gasteiger partial charge < -0.3 is 4.74 Å². The molecule has 3 nitrogen and oxygen atoms in total. The molecule has 0 aliphatic heterocycles. The van der Waals surface area contributed by atoms with E-state index >= 15 is 0 Å². The molecule has 3 heteroatoms. The molecule has 0 aromatic heterocycles. The van der Waals surface area contributed by atoms with Crippen LogP contribution in [0.15, 0.2) is 11.6 Å². The van der Waals surface area contributed by atoms with Crippen LogP contribution >= 0.6 is 0 Å². The molecule has 0 saturated heterocycles. The van der Waals surface area contributed by atoms with E-state index in [9.17, 15) is 9.59 Å². The lowest BCUT2D eigenvalue weighted by atomic mass is 9.99. The Morgan fingerprint density at radius 2 is 2.58 bits per heavy atom. The summed E-state index contributed by atoms with van der Waals surface area (Å²) in [5.41, 5.74) is 0.750. The number of ether oxygens (including phenoxy) is 1. The number of carbonyl (C=O) groups is 2. The Kier molecular flexibility index (Phi) is 3.02. The number of methoxy groups -OCH3 is 1. The van der Waals surface area contributed by atoms with E-state index in [1.807, 2.05) is 6.08 Å². The normalized spacial score (nSPS) is 21.8. The van der Waals surface area contributed by atoms with Crippen LogP contribution in [0.3, 0.4) is 0 Å². The van der Waals surface area contributed by atoms with Crippen LogP contribution in [0.5, 0.6) is 0 Å². The second kappa shape index (κ2) is 4.04. The van der Waals surface area contributed by atoms with Crippen LogP contribution in [0.4, 0.5) is 0 Å². The van der Waals surface area contributed by atoms with Crippen LogP contribution in [-0.2, 0) is 14.3 Å². The summed E-state index contributed by atoms with van der Waals surface area (Å²) in [4.78, 5) is 21.3. The summed E-state index contributed by atoms with van der Waals surface area (Å²) in [6.07, 6.45) is 4.85. The number of hydrogen-bond acceptors (Lipinski definition) is 3. The van der Waals surface area contributed by atoms with E-state index in [2.05, 4.69) is 4.74 Å². The number of carbonyl (C=O) groups excluding carboxylic acids is 2. The van der Waals surface area contributed by atoms with Crippen molar-refractivity contribution in [3.63, 3.8) is 0 Å². The fraction of sp³-hybridized carbons (Fsp3) is 0.556. The highest BCUT2D eigenvalue weighted by Crippen LogP contribution is 2.27. The van der Waals surface area contributed by atoms with Gasteiger partial charge in [0.2, 0.25) is 0 Å². The molecular weight excluding hydrogens is 156 g/mol. The third-order valence-electron chi connectivity index (χ3n) is 2.14. The quantitative estimate of drug-likeness (QED) is 0.468. The number of esters is 1. The molecule has 1 rings (SSSR count). The monoisotopic (exact) mass is 168 g/mol. The molecule has 12 heavy (non-hydrogen) atoms. The number of allylic oxidation sites excluding steroid dienone is 2. The van der Waals surface area contributed by atoms with E-state index in [0.717, 1.165) is 24.7 Å². The molecule has 1 atom stereocenters. The van der Waals surface area contributed by atoms with Gasteiger partial charge in [-0.3, -0.25) is 9.59 Å². The summed E-state index contributed by atoms with van der Waals surface area (Å²) >= 11 is 0. The Morgan fingerprint density at radius 3 is 3.17 bits per heavy atom. The first-order valence-corrected chi connectivity index (χ1v) is 4.00. The first kappa shape index (κ1) is 8.97. The summed E-state index contributed by atoms with van der Waals surface area (Å²) in [5.74, 6) is -0.149. The second-order valence-electron chi connectivity index (χ2n) is 2.88. The van der Waals surface area contributed by atoms with Crippen LogP contribution in [0.1, 0.15) is 19.3 Å². The Hall–Kier alpha value is -1.12. The highest BCUT2D eigenvalue weighted by Gasteiger charge is 2.21. The molecule has 0 N–H and O–H groups in total. The van der Waals surface area contributed by atoms with Gasteiger partial charge in [0.15, 0.2) is 0 Å². The van der Waals surface area contributed by atoms with Gasteiger partial charge in [-0.05, 0) is 24.3 Å². The maximum Gasteiger partial charge on any atom is 0.306 e. The molecule has 0 bridgehead atoms. The molecule has 0 aromatic rings. The van der Waals surface area contributed by atoms with Gasteiger partial charge in [0, 0.05) is 0 Å². The zero-order valence-electron chi connectivity index (χ0n) is 7.08. The van der Waals surface area contributed by atoms with Crippen molar-refractivity contribution in [1.29, 1.82) is 0 Å². The lowest BCUT2D eigenvalue weighted by Gasteiger charge is -2.07. The highest BCUT2D eigenvalue weighted by molar-refractivity contribution is 5.78. The molecule has 66 valence electrons. The fourth-order valence-corrected chi connectivity index (χ4v) is 1.43. The van der Waals surface area contributed by atoms with Crippen molar-refractivity contribution in [2.45, 2.75) is 19.3 Å². The first-order valence-electron chi connectivity index (χ1n) is 4.00. The third kappa shape index (κ3) is 1.94. The van der Waals surface area contributed by atoms with E-state index in [1.54, 1.807) is 0 Å². The lowest BCUT2D eigenvalue weighted by Crippen LogP contribution is -2.10. The van der Waals surface area contributed by atoms with Crippen LogP contribution in [-0.4, -0.2) is 19.4 Å². The summed E-state index contributed by atoms with van der Waals surface area (Å²) < 4.78 is 4.52. The van der Waals surface area contributed by atoms with E-state index < -0.39 is 0 Å². The Morgan fingerprint density at radius 1 is 1.83 bits per heavy atom. The summed E-state index contributed by atoms with van der Waals surface area (Å²) in [7, 11) is 1.36. The number of aldehydes is 1. The van der Waals surface area contributed by atoms with Crippen molar-refractivity contribution in [2.24, 2.45) is 5.92 Å². The largest absolute Gasteiger partial charge is 0.469 e. The van der Waals surface area contributed by atoms with Crippen molar-refractivity contribution in [3.8, 4) is 0 Å². The Bertz CT molecular complexity index is 218. The minimum absolute atomic E-state index is 0.0925. The predicted octanol–water partition coefficient (Wildman–Crippen LogP) is 1.08. The highest BCUT2D eigenvalue weighted by atomic mass is 16.5. The maximum absolute atomic E-state index is 10.9. The molecule has 0 spiro atoms. The van der Waals surface area contributed by atoms with E-state index in [0.29, 0.717) is 6.42 Å². The summed E-state index contributed by atoms with van der Waals surface area (Å²) in [5, 5.41) is 0. The summed E-state index contributed by atoms with van der Waals surface area (Å²) in [6, 6.07) is 0. The van der Waals surface area contributed by atoms with Gasteiger partial charge >= 0.3 is 5.97 Å². The van der Waals surface area contributed by atoms with E-state index in [1.165, 1.54) is 7.11 Å². The molecule has 1 aliphatic rings. The van der Waals surface area contributed by atoms with Gasteiger partial charge in [-0.15, -0.1) is 0 Å². The standard InChI is InChI=1S/C9H12O3/c1-12-9(11)5-7-3-2-4-8(7)6-10/h4,6-7H,2-3,5H2,1H3. The third-order valence-corrected chi connectivity index (χ3v) is 2.14. The second-order valence-corrected chi connectivity index (χ2v) is 2.88. The minimum Gasteiger partial charge on any atom is -0.469 e. The van der Waals surface area contributed by atoms with E-state index in [-0.39, 0.29) is 11.9 Å². The van der Waals surface area contributed by atoms with Crippen LogP contribution < -0.4 is 0 Å². The molecular formula is C9H12O3. The Balaban J connectivity index is 2.48. The molecule has 0 fully saturated rings. The molecule has 0 aromatic carbocycles. The zero-order valence-corrected chi connectivity index (χ0v) is 7.08. The average Bonchev–Trinajstić information content (AvgIpc) is 2.51. The molecule has 1 unspecified atom stereocenters. The zero-order chi connectivity index (χ0) is 8.97. The van der Waals surface area contributed by atoms with Gasteiger partial charge in [0.1, 0.15) is 6.29 Å². The lowest BCUT2D eigenvalue weighted by molar-refractivity contribution is -0.141. The smallest absolute Gasteiger partial charge is 0.306 e. The van der Waals surface area contributed by atoms with Crippen molar-refractivity contribution in [1.82, 2.24) is 0 Å². The van der Waals surface area contributed by atoms with Crippen molar-refractivity contribution >= 4 is 12.3 Å². The molecule has 1 aliphatic carbocycles. The summed E-state index contributed by atoms with van der Waals surface area (Å²) in [6.45, 7) is 0. The molecule has 0 heterocycles. The molecule has 0 radical (unpaired) electrons. The molecule has 0 amide bonds. The van der Waals surface area contributed by atoms with Gasteiger partial charge in [0.25, 0.3) is 0 Å². The van der Waals surface area contributed by atoms with E-state index in [4.69, 9.17) is 0 Å². The molecule has 0 saturated carbocycles. The fourth-order valence-electron chi connectivity index (χ4n) is 1.43. The van der Waals surface area contributed by atoms with Gasteiger partial charge in [-0.2, -0.15) is 0 Å². The van der Waals surface area contributed by atoms with Gasteiger partial charge in [-0.1, -0.05) is 6.08 Å². The minimum atomic E-state index is -0.241. The number of hydrogen-bond donors (Lipinski definition) is 0. The SMILES string of the molecule is COC(=O)CC1CCC=C1C=O. The van der Waals surface area contributed by atoms with Crippen molar-refractivity contribution < 1.29 is 14.3 Å². The van der Waals surface area contributed by atoms with Crippen LogP contribution in [0, 0.1) is 5.92 Å². The maximum atomic E-state index is 10.9. The first-order chi connectivity index (χ1) is 5.77. The van der Waals surface area contributed by atoms with Gasteiger partial charge in [-0.25, -0.2) is 0 Å². The van der Waals surface area contributed by atoms with Gasteiger partial charge in [0.05, 0.1) is 13.5 Å². The van der Waals surface area contributed by atoms with Crippen LogP contribution in [0.25, 0.3) is 0 Å². The van der Waals surface area contributed by atoms with Crippen molar-refractivity contribution in [3.05, 3.63) is 11.6 Å². The van der Waals surface area contributed by atoms with Crippen LogP contribution in [0.2, 0.25) is 0 Å². The van der Waals surface area contributed by atoms with Crippen molar-refractivity contribution in [2.75, 3.05) is 7.11 Å². The topological polar surface area (TPSA) is 43.4 Å². The predicted molar refractivity (Wildman–Crippen MR) is 43.5 cm³/mol. The average molecular weight is 168 g/mol. The number of rotatable bonds is 3. The Labute approximate surface area is 71.4 Å².